The van der Waals surface area contributed by atoms with Crippen molar-refractivity contribution < 1.29 is 9.59 Å². The number of likely N-dealkylation sites (tertiary alicyclic amines) is 1. The second kappa shape index (κ2) is 9.88. The van der Waals surface area contributed by atoms with Crippen LogP contribution in [0, 0.1) is 12.8 Å². The van der Waals surface area contributed by atoms with Crippen molar-refractivity contribution in [2.45, 2.75) is 59.5 Å². The van der Waals surface area contributed by atoms with Crippen molar-refractivity contribution in [2.24, 2.45) is 5.92 Å². The van der Waals surface area contributed by atoms with Crippen molar-refractivity contribution in [3.63, 3.8) is 0 Å². The molecule has 2 rings (SSSR count). The molecular formula is C22H35N3O2. The van der Waals surface area contributed by atoms with Crippen LogP contribution in [0.3, 0.4) is 0 Å². The van der Waals surface area contributed by atoms with Gasteiger partial charge in [-0.3, -0.25) is 14.5 Å². The van der Waals surface area contributed by atoms with Crippen LogP contribution in [0.5, 0.6) is 0 Å². The van der Waals surface area contributed by atoms with Crippen LogP contribution in [0.1, 0.15) is 56.5 Å². The largest absolute Gasteiger partial charge is 0.355 e. The minimum atomic E-state index is 0.0115. The Morgan fingerprint density at radius 2 is 1.70 bits per heavy atom. The number of hydrogen-bond donors (Lipinski definition) is 1. The molecule has 5 heteroatoms. The molecule has 0 radical (unpaired) electrons. The van der Waals surface area contributed by atoms with Gasteiger partial charge in [-0.2, -0.15) is 0 Å². The van der Waals surface area contributed by atoms with Gasteiger partial charge in [0.25, 0.3) is 5.91 Å². The third-order valence-corrected chi connectivity index (χ3v) is 5.52. The molecule has 1 saturated heterocycles. The van der Waals surface area contributed by atoms with E-state index in [-0.39, 0.29) is 17.7 Å². The van der Waals surface area contributed by atoms with Gasteiger partial charge in [-0.05, 0) is 59.1 Å². The van der Waals surface area contributed by atoms with E-state index in [0.717, 1.165) is 30.5 Å². The van der Waals surface area contributed by atoms with Crippen molar-refractivity contribution >= 4 is 11.8 Å². The van der Waals surface area contributed by atoms with Crippen LogP contribution >= 0.6 is 0 Å². The highest BCUT2D eigenvalue weighted by Gasteiger charge is 2.28. The molecule has 2 amide bonds. The summed E-state index contributed by atoms with van der Waals surface area (Å²) < 4.78 is 0. The number of nitrogens with zero attached hydrogens (tertiary/aromatic N) is 2. The predicted molar refractivity (Wildman–Crippen MR) is 110 cm³/mol. The molecule has 27 heavy (non-hydrogen) atoms. The maximum Gasteiger partial charge on any atom is 0.254 e. The summed E-state index contributed by atoms with van der Waals surface area (Å²) in [6, 6.07) is 8.63. The lowest BCUT2D eigenvalue weighted by Crippen LogP contribution is -2.46. The molecule has 0 aromatic heterocycles. The van der Waals surface area contributed by atoms with E-state index in [1.165, 1.54) is 0 Å². The van der Waals surface area contributed by atoms with Gasteiger partial charge >= 0.3 is 0 Å². The summed E-state index contributed by atoms with van der Waals surface area (Å²) in [5.74, 6) is 0.222. The molecule has 1 aliphatic rings. The molecule has 1 N–H and O–H groups in total. The van der Waals surface area contributed by atoms with Crippen molar-refractivity contribution in [1.82, 2.24) is 15.1 Å². The Balaban J connectivity index is 1.79. The Morgan fingerprint density at radius 1 is 1.11 bits per heavy atom. The van der Waals surface area contributed by atoms with Gasteiger partial charge in [0.2, 0.25) is 5.91 Å². The standard InChI is InChI=1S/C22H35N3O2/c1-16(2)25(17(3)4)15-12-23-21(26)19-10-13-24(14-11-19)22(27)20-9-7-6-8-18(20)5/h6-9,16-17,19H,10-15H2,1-5H3,(H,23,26). The van der Waals surface area contributed by atoms with E-state index in [0.29, 0.717) is 31.7 Å². The molecule has 1 heterocycles. The first kappa shape index (κ1) is 21.4. The Labute approximate surface area is 164 Å². The fraction of sp³-hybridized carbons (Fsp3) is 0.636. The highest BCUT2D eigenvalue weighted by molar-refractivity contribution is 5.95. The zero-order valence-corrected chi connectivity index (χ0v) is 17.5. The molecule has 150 valence electrons. The van der Waals surface area contributed by atoms with Gasteiger partial charge in [0, 0.05) is 49.7 Å². The summed E-state index contributed by atoms with van der Waals surface area (Å²) in [5, 5.41) is 3.09. The summed E-state index contributed by atoms with van der Waals surface area (Å²) in [5.41, 5.74) is 1.77. The van der Waals surface area contributed by atoms with Gasteiger partial charge in [-0.15, -0.1) is 0 Å². The number of hydrogen-bond acceptors (Lipinski definition) is 3. The minimum absolute atomic E-state index is 0.0115. The highest BCUT2D eigenvalue weighted by Crippen LogP contribution is 2.20. The van der Waals surface area contributed by atoms with Gasteiger partial charge in [0.1, 0.15) is 0 Å². The molecule has 1 fully saturated rings. The number of amides is 2. The van der Waals surface area contributed by atoms with Gasteiger partial charge < -0.3 is 10.2 Å². The first-order valence-corrected chi connectivity index (χ1v) is 10.2. The lowest BCUT2D eigenvalue weighted by atomic mass is 9.95. The summed E-state index contributed by atoms with van der Waals surface area (Å²) in [6.07, 6.45) is 1.48. The second-order valence-corrected chi connectivity index (χ2v) is 8.10. The molecular weight excluding hydrogens is 338 g/mol. The quantitative estimate of drug-likeness (QED) is 0.799. The van der Waals surface area contributed by atoms with Crippen LogP contribution < -0.4 is 5.32 Å². The number of aryl methyl sites for hydroxylation is 1. The van der Waals surface area contributed by atoms with Crippen LogP contribution in [-0.4, -0.2) is 59.9 Å². The van der Waals surface area contributed by atoms with Crippen LogP contribution in [0.25, 0.3) is 0 Å². The zero-order chi connectivity index (χ0) is 20.0. The van der Waals surface area contributed by atoms with Crippen molar-refractivity contribution in [1.29, 1.82) is 0 Å². The number of nitrogens with one attached hydrogen (secondary N) is 1. The molecule has 1 aliphatic heterocycles. The number of benzene rings is 1. The van der Waals surface area contributed by atoms with Gasteiger partial charge in [-0.1, -0.05) is 18.2 Å². The number of rotatable bonds is 7. The Bertz CT molecular complexity index is 626. The fourth-order valence-corrected chi connectivity index (χ4v) is 3.89. The van der Waals surface area contributed by atoms with Crippen LogP contribution in [0.2, 0.25) is 0 Å². The second-order valence-electron chi connectivity index (χ2n) is 8.10. The van der Waals surface area contributed by atoms with Crippen LogP contribution in [0.4, 0.5) is 0 Å². The van der Waals surface area contributed by atoms with E-state index in [1.54, 1.807) is 0 Å². The molecule has 5 nitrogen and oxygen atoms in total. The van der Waals surface area contributed by atoms with Crippen LogP contribution in [-0.2, 0) is 4.79 Å². The normalized spacial score (nSPS) is 15.6. The number of carbonyl (C=O) groups is 2. The van der Waals surface area contributed by atoms with E-state index in [2.05, 4.69) is 37.9 Å². The highest BCUT2D eigenvalue weighted by atomic mass is 16.2. The molecule has 0 aliphatic carbocycles. The maximum absolute atomic E-state index is 12.7. The van der Waals surface area contributed by atoms with Crippen LogP contribution in [0.15, 0.2) is 24.3 Å². The summed E-state index contributed by atoms with van der Waals surface area (Å²) in [4.78, 5) is 29.4. The smallest absolute Gasteiger partial charge is 0.254 e. The molecule has 1 aromatic rings. The van der Waals surface area contributed by atoms with Crippen molar-refractivity contribution in [2.75, 3.05) is 26.2 Å². The fourth-order valence-electron chi connectivity index (χ4n) is 3.89. The molecule has 1 aromatic carbocycles. The average Bonchev–Trinajstić information content (AvgIpc) is 2.64. The maximum atomic E-state index is 12.7. The van der Waals surface area contributed by atoms with Crippen molar-refractivity contribution in [3.8, 4) is 0 Å². The van der Waals surface area contributed by atoms with E-state index < -0.39 is 0 Å². The van der Waals surface area contributed by atoms with Gasteiger partial charge in [0.15, 0.2) is 0 Å². The minimum Gasteiger partial charge on any atom is -0.355 e. The van der Waals surface area contributed by atoms with E-state index in [1.807, 2.05) is 36.1 Å². The molecule has 0 unspecified atom stereocenters. The summed E-state index contributed by atoms with van der Waals surface area (Å²) >= 11 is 0. The molecule has 0 spiro atoms. The molecule has 0 saturated carbocycles. The first-order chi connectivity index (χ1) is 12.8. The molecule has 0 bridgehead atoms. The average molecular weight is 374 g/mol. The van der Waals surface area contributed by atoms with E-state index in [9.17, 15) is 9.59 Å². The Hall–Kier alpha value is -1.88. The lowest BCUT2D eigenvalue weighted by Gasteiger charge is -2.33. The third-order valence-electron chi connectivity index (χ3n) is 5.52. The van der Waals surface area contributed by atoms with E-state index >= 15 is 0 Å². The van der Waals surface area contributed by atoms with E-state index in [4.69, 9.17) is 0 Å². The Kier molecular flexibility index (Phi) is 7.84. The zero-order valence-electron chi connectivity index (χ0n) is 17.5. The third kappa shape index (κ3) is 5.80. The summed E-state index contributed by atoms with van der Waals surface area (Å²) in [7, 11) is 0. The van der Waals surface area contributed by atoms with Crippen molar-refractivity contribution in [3.05, 3.63) is 35.4 Å². The predicted octanol–water partition coefficient (Wildman–Crippen LogP) is 3.08. The SMILES string of the molecule is Cc1ccccc1C(=O)N1CCC(C(=O)NCCN(C(C)C)C(C)C)CC1. The summed E-state index contributed by atoms with van der Waals surface area (Å²) in [6.45, 7) is 13.5. The topological polar surface area (TPSA) is 52.7 Å². The van der Waals surface area contributed by atoms with Gasteiger partial charge in [0.05, 0.1) is 0 Å². The molecule has 0 atom stereocenters. The number of piperidine rings is 1. The first-order valence-electron chi connectivity index (χ1n) is 10.2. The lowest BCUT2D eigenvalue weighted by molar-refractivity contribution is -0.126. The Morgan fingerprint density at radius 3 is 2.26 bits per heavy atom. The van der Waals surface area contributed by atoms with Gasteiger partial charge in [-0.25, -0.2) is 0 Å². The monoisotopic (exact) mass is 373 g/mol. The number of carbonyl (C=O) groups excluding carboxylic acids is 2.